The van der Waals surface area contributed by atoms with Crippen LogP contribution in [0.5, 0.6) is 0 Å². The lowest BCUT2D eigenvalue weighted by molar-refractivity contribution is -0.118. The molecule has 4 nitrogen and oxygen atoms in total. The van der Waals surface area contributed by atoms with Crippen LogP contribution in [0.3, 0.4) is 0 Å². The summed E-state index contributed by atoms with van der Waals surface area (Å²) in [5.41, 5.74) is 2.89. The second-order valence-corrected chi connectivity index (χ2v) is 7.45. The van der Waals surface area contributed by atoms with E-state index >= 15 is 0 Å². The third-order valence-corrected chi connectivity index (χ3v) is 5.74. The summed E-state index contributed by atoms with van der Waals surface area (Å²) >= 11 is 7.46. The van der Waals surface area contributed by atoms with Crippen LogP contribution in [0.15, 0.2) is 48.5 Å². The zero-order chi connectivity index (χ0) is 17.6. The van der Waals surface area contributed by atoms with Crippen molar-refractivity contribution in [3.63, 3.8) is 0 Å². The number of hydrogen-bond acceptors (Lipinski definition) is 3. The molecule has 2 N–H and O–H groups in total. The third-order valence-electron chi connectivity index (χ3n) is 4.09. The minimum absolute atomic E-state index is 0.0335. The van der Waals surface area contributed by atoms with E-state index in [9.17, 15) is 9.59 Å². The van der Waals surface area contributed by atoms with Gasteiger partial charge in [0.05, 0.1) is 11.0 Å². The minimum atomic E-state index is -0.224. The predicted octanol–water partition coefficient (Wildman–Crippen LogP) is 3.64. The Morgan fingerprint density at radius 3 is 2.80 bits per heavy atom. The second kappa shape index (κ2) is 8.41. The fourth-order valence-electron chi connectivity index (χ4n) is 2.71. The fraction of sp³-hybridized carbons (Fsp3) is 0.263. The molecule has 3 rings (SSSR count). The van der Waals surface area contributed by atoms with Gasteiger partial charge in [0, 0.05) is 17.3 Å². The van der Waals surface area contributed by atoms with Gasteiger partial charge in [0.1, 0.15) is 0 Å². The normalized spacial score (nSPS) is 16.5. The molecule has 6 heteroatoms. The van der Waals surface area contributed by atoms with Crippen molar-refractivity contribution in [2.45, 2.75) is 24.6 Å². The first kappa shape index (κ1) is 17.8. The molecule has 130 valence electrons. The maximum absolute atomic E-state index is 12.3. The highest BCUT2D eigenvalue weighted by atomic mass is 35.5. The zero-order valence-electron chi connectivity index (χ0n) is 13.6. The van der Waals surface area contributed by atoms with Gasteiger partial charge in [-0.3, -0.25) is 9.59 Å². The van der Waals surface area contributed by atoms with E-state index in [0.29, 0.717) is 11.6 Å². The molecule has 0 unspecified atom stereocenters. The summed E-state index contributed by atoms with van der Waals surface area (Å²) in [6.45, 7) is 0.390. The van der Waals surface area contributed by atoms with Crippen LogP contribution in [0.4, 0.5) is 5.69 Å². The molecule has 0 spiro atoms. The average molecular weight is 375 g/mol. The number of halogens is 1. The van der Waals surface area contributed by atoms with Crippen LogP contribution in [0.2, 0.25) is 5.02 Å². The van der Waals surface area contributed by atoms with E-state index in [0.717, 1.165) is 29.7 Å². The predicted molar refractivity (Wildman–Crippen MR) is 103 cm³/mol. The highest BCUT2D eigenvalue weighted by Crippen LogP contribution is 2.27. The molecule has 2 aromatic carbocycles. The van der Waals surface area contributed by atoms with Gasteiger partial charge in [-0.2, -0.15) is 0 Å². The monoisotopic (exact) mass is 374 g/mol. The van der Waals surface area contributed by atoms with E-state index < -0.39 is 0 Å². The van der Waals surface area contributed by atoms with Gasteiger partial charge >= 0.3 is 0 Å². The first-order chi connectivity index (χ1) is 12.1. The van der Waals surface area contributed by atoms with Crippen LogP contribution in [0.1, 0.15) is 17.5 Å². The number of thioether (sulfide) groups is 1. The molecule has 0 aliphatic carbocycles. The lowest BCUT2D eigenvalue weighted by atomic mass is 10.1. The first-order valence-corrected chi connectivity index (χ1v) is 9.56. The summed E-state index contributed by atoms with van der Waals surface area (Å²) in [4.78, 5) is 24.4. The van der Waals surface area contributed by atoms with Gasteiger partial charge in [-0.15, -0.1) is 11.8 Å². The molecule has 1 atom stereocenters. The summed E-state index contributed by atoms with van der Waals surface area (Å²) in [5.74, 6) is 0.118. The van der Waals surface area contributed by atoms with E-state index in [1.807, 2.05) is 42.5 Å². The summed E-state index contributed by atoms with van der Waals surface area (Å²) in [6.07, 6.45) is 1.55. The van der Waals surface area contributed by atoms with Gasteiger partial charge in [0.15, 0.2) is 0 Å². The van der Waals surface area contributed by atoms with E-state index in [1.54, 1.807) is 6.07 Å². The molecule has 1 aliphatic heterocycles. The number of para-hydroxylation sites is 1. The molecular formula is C19H19ClN2O2S. The third kappa shape index (κ3) is 4.77. The second-order valence-electron chi connectivity index (χ2n) is 5.85. The van der Waals surface area contributed by atoms with Gasteiger partial charge in [-0.25, -0.2) is 0 Å². The van der Waals surface area contributed by atoms with Gasteiger partial charge in [0.2, 0.25) is 11.8 Å². The molecule has 1 heterocycles. The van der Waals surface area contributed by atoms with Crippen molar-refractivity contribution < 1.29 is 9.59 Å². The molecule has 2 amide bonds. The highest BCUT2D eigenvalue weighted by Gasteiger charge is 2.24. The summed E-state index contributed by atoms with van der Waals surface area (Å²) in [7, 11) is 0. The SMILES string of the molecule is O=C(CS[C@@H]1CCc2ccccc2NC1=O)NCc1ccccc1Cl. The zero-order valence-corrected chi connectivity index (χ0v) is 15.2. The lowest BCUT2D eigenvalue weighted by Gasteiger charge is -2.13. The van der Waals surface area contributed by atoms with Crippen LogP contribution >= 0.6 is 23.4 Å². The molecule has 0 saturated carbocycles. The Bertz CT molecular complexity index is 782. The number of carbonyl (C=O) groups is 2. The Kier molecular flexibility index (Phi) is 6.00. The van der Waals surface area contributed by atoms with E-state index in [4.69, 9.17) is 11.6 Å². The Labute approximate surface area is 156 Å². The Hall–Kier alpha value is -1.98. The molecule has 0 aromatic heterocycles. The van der Waals surface area contributed by atoms with Crippen molar-refractivity contribution in [3.8, 4) is 0 Å². The quantitative estimate of drug-likeness (QED) is 0.840. The van der Waals surface area contributed by atoms with Crippen molar-refractivity contribution in [1.29, 1.82) is 0 Å². The van der Waals surface area contributed by atoms with Crippen molar-refractivity contribution in [3.05, 3.63) is 64.7 Å². The number of aryl methyl sites for hydroxylation is 1. The smallest absolute Gasteiger partial charge is 0.237 e. The summed E-state index contributed by atoms with van der Waals surface area (Å²) in [5, 5.41) is 6.22. The van der Waals surface area contributed by atoms with Crippen molar-refractivity contribution in [2.24, 2.45) is 0 Å². The number of rotatable bonds is 5. The van der Waals surface area contributed by atoms with Crippen LogP contribution in [0, 0.1) is 0 Å². The first-order valence-electron chi connectivity index (χ1n) is 8.14. The highest BCUT2D eigenvalue weighted by molar-refractivity contribution is 8.01. The molecule has 25 heavy (non-hydrogen) atoms. The number of hydrogen-bond donors (Lipinski definition) is 2. The maximum Gasteiger partial charge on any atom is 0.237 e. The largest absolute Gasteiger partial charge is 0.351 e. The standard InChI is InChI=1S/C19H19ClN2O2S/c20-15-7-3-1-6-14(15)11-21-18(23)12-25-17-10-9-13-5-2-4-8-16(13)22-19(17)24/h1-8,17H,9-12H2,(H,21,23)(H,22,24)/t17-/m1/s1. The molecule has 0 fully saturated rings. The van der Waals surface area contributed by atoms with Crippen molar-refractivity contribution in [1.82, 2.24) is 5.32 Å². The van der Waals surface area contributed by atoms with Gasteiger partial charge in [-0.1, -0.05) is 48.0 Å². The Morgan fingerprint density at radius 1 is 1.20 bits per heavy atom. The van der Waals surface area contributed by atoms with Gasteiger partial charge in [-0.05, 0) is 36.1 Å². The summed E-state index contributed by atoms with van der Waals surface area (Å²) < 4.78 is 0. The van der Waals surface area contributed by atoms with E-state index in [1.165, 1.54) is 11.8 Å². The van der Waals surface area contributed by atoms with E-state index in [-0.39, 0.29) is 22.8 Å². The van der Waals surface area contributed by atoms with Crippen LogP contribution < -0.4 is 10.6 Å². The van der Waals surface area contributed by atoms with Crippen LogP contribution in [-0.4, -0.2) is 22.8 Å². The van der Waals surface area contributed by atoms with Crippen LogP contribution in [0.25, 0.3) is 0 Å². The number of benzene rings is 2. The average Bonchev–Trinajstić information content (AvgIpc) is 2.77. The van der Waals surface area contributed by atoms with Crippen molar-refractivity contribution in [2.75, 3.05) is 11.1 Å². The number of carbonyl (C=O) groups excluding carboxylic acids is 2. The summed E-state index contributed by atoms with van der Waals surface area (Å²) in [6, 6.07) is 15.2. The van der Waals surface area contributed by atoms with Crippen molar-refractivity contribution >= 4 is 40.9 Å². The van der Waals surface area contributed by atoms with Gasteiger partial charge < -0.3 is 10.6 Å². The number of anilines is 1. The Morgan fingerprint density at radius 2 is 1.96 bits per heavy atom. The number of nitrogens with one attached hydrogen (secondary N) is 2. The minimum Gasteiger partial charge on any atom is -0.351 e. The van der Waals surface area contributed by atoms with Crippen LogP contribution in [-0.2, 0) is 22.6 Å². The molecule has 0 radical (unpaired) electrons. The Balaban J connectivity index is 1.49. The van der Waals surface area contributed by atoms with Gasteiger partial charge in [0.25, 0.3) is 0 Å². The van der Waals surface area contributed by atoms with E-state index in [2.05, 4.69) is 10.6 Å². The number of fused-ring (bicyclic) bond motifs is 1. The fourth-order valence-corrected chi connectivity index (χ4v) is 3.87. The number of amides is 2. The molecular weight excluding hydrogens is 356 g/mol. The topological polar surface area (TPSA) is 58.2 Å². The molecule has 2 aromatic rings. The molecule has 1 aliphatic rings. The lowest BCUT2D eigenvalue weighted by Crippen LogP contribution is -2.29. The molecule has 0 bridgehead atoms. The maximum atomic E-state index is 12.3. The molecule has 0 saturated heterocycles.